The second-order valence-electron chi connectivity index (χ2n) is 6.89. The van der Waals surface area contributed by atoms with Gasteiger partial charge in [0.25, 0.3) is 0 Å². The third kappa shape index (κ3) is 3.42. The molecular weight excluding hydrogens is 256 g/mol. The van der Waals surface area contributed by atoms with Crippen molar-refractivity contribution in [3.63, 3.8) is 0 Å². The molecule has 1 aliphatic heterocycles. The molecule has 1 aromatic rings. The van der Waals surface area contributed by atoms with Crippen molar-refractivity contribution in [2.45, 2.75) is 58.4 Å². The molecule has 1 aliphatic carbocycles. The molecule has 2 aliphatic rings. The smallest absolute Gasteiger partial charge is 0.0399 e. The normalized spacial score (nSPS) is 25.7. The largest absolute Gasteiger partial charge is 0.371 e. The Morgan fingerprint density at radius 2 is 2.05 bits per heavy atom. The molecule has 0 amide bonds. The minimum atomic E-state index is 0.736. The molecule has 2 nitrogen and oxygen atoms in total. The molecule has 1 aromatic carbocycles. The summed E-state index contributed by atoms with van der Waals surface area (Å²) in [7, 11) is 0. The highest BCUT2D eigenvalue weighted by molar-refractivity contribution is 5.56. The summed E-state index contributed by atoms with van der Waals surface area (Å²) >= 11 is 0. The van der Waals surface area contributed by atoms with E-state index in [1.807, 2.05) is 0 Å². The van der Waals surface area contributed by atoms with Crippen molar-refractivity contribution in [1.29, 1.82) is 0 Å². The summed E-state index contributed by atoms with van der Waals surface area (Å²) in [5.41, 5.74) is 4.48. The van der Waals surface area contributed by atoms with E-state index >= 15 is 0 Å². The number of anilines is 1. The van der Waals surface area contributed by atoms with Gasteiger partial charge in [-0.1, -0.05) is 37.5 Å². The van der Waals surface area contributed by atoms with E-state index in [0.29, 0.717) is 0 Å². The van der Waals surface area contributed by atoms with Gasteiger partial charge in [0.05, 0.1) is 0 Å². The molecule has 21 heavy (non-hydrogen) atoms. The maximum atomic E-state index is 3.73. The van der Waals surface area contributed by atoms with E-state index in [0.717, 1.165) is 18.5 Å². The Kier molecular flexibility index (Phi) is 4.84. The molecule has 2 atom stereocenters. The van der Waals surface area contributed by atoms with Crippen LogP contribution in [0.4, 0.5) is 5.69 Å². The first-order chi connectivity index (χ1) is 10.3. The third-order valence-corrected chi connectivity index (χ3v) is 5.28. The molecule has 0 spiro atoms. The molecule has 0 radical (unpaired) electrons. The highest BCUT2D eigenvalue weighted by Crippen LogP contribution is 2.32. The quantitative estimate of drug-likeness (QED) is 0.902. The summed E-state index contributed by atoms with van der Waals surface area (Å²) in [6.45, 7) is 8.04. The number of fused-ring (bicyclic) bond motifs is 1. The number of nitrogens with one attached hydrogen (secondary N) is 1. The molecule has 1 N–H and O–H groups in total. The Labute approximate surface area is 129 Å². The SMILES string of the molecule is CCNC1CCCCC1CN1CCCc2cc(C)ccc21. The van der Waals surface area contributed by atoms with Crippen molar-refractivity contribution >= 4 is 5.69 Å². The average Bonchev–Trinajstić information content (AvgIpc) is 2.49. The molecule has 2 unspecified atom stereocenters. The van der Waals surface area contributed by atoms with Gasteiger partial charge in [-0.05, 0) is 56.7 Å². The molecule has 0 saturated heterocycles. The first-order valence-corrected chi connectivity index (χ1v) is 8.86. The van der Waals surface area contributed by atoms with E-state index in [4.69, 9.17) is 0 Å². The molecule has 1 saturated carbocycles. The first kappa shape index (κ1) is 14.9. The van der Waals surface area contributed by atoms with Gasteiger partial charge >= 0.3 is 0 Å². The van der Waals surface area contributed by atoms with Crippen LogP contribution in [0, 0.1) is 12.8 Å². The average molecular weight is 286 g/mol. The van der Waals surface area contributed by atoms with E-state index in [-0.39, 0.29) is 0 Å². The summed E-state index contributed by atoms with van der Waals surface area (Å²) in [5, 5.41) is 3.73. The topological polar surface area (TPSA) is 15.3 Å². The molecule has 2 heteroatoms. The standard InChI is InChI=1S/C19H30N2/c1-3-20-18-9-5-4-7-17(18)14-21-12-6-8-16-13-15(2)10-11-19(16)21/h10-11,13,17-18,20H,3-9,12,14H2,1-2H3. The van der Waals surface area contributed by atoms with E-state index in [9.17, 15) is 0 Å². The monoisotopic (exact) mass is 286 g/mol. The highest BCUT2D eigenvalue weighted by Gasteiger charge is 2.27. The van der Waals surface area contributed by atoms with E-state index in [1.54, 1.807) is 5.56 Å². The van der Waals surface area contributed by atoms with Crippen molar-refractivity contribution in [2.24, 2.45) is 5.92 Å². The highest BCUT2D eigenvalue weighted by atomic mass is 15.1. The van der Waals surface area contributed by atoms with Crippen LogP contribution in [0.2, 0.25) is 0 Å². The fraction of sp³-hybridized carbons (Fsp3) is 0.684. The zero-order chi connectivity index (χ0) is 14.7. The number of benzene rings is 1. The zero-order valence-electron chi connectivity index (χ0n) is 13.7. The van der Waals surface area contributed by atoms with Crippen LogP contribution in [0.5, 0.6) is 0 Å². The summed E-state index contributed by atoms with van der Waals surface area (Å²) in [4.78, 5) is 2.67. The van der Waals surface area contributed by atoms with Gasteiger partial charge in [0.15, 0.2) is 0 Å². The van der Waals surface area contributed by atoms with Crippen LogP contribution in [0.25, 0.3) is 0 Å². The lowest BCUT2D eigenvalue weighted by Crippen LogP contribution is -2.45. The first-order valence-electron chi connectivity index (χ1n) is 8.86. The van der Waals surface area contributed by atoms with Crippen LogP contribution in [-0.2, 0) is 6.42 Å². The predicted octanol–water partition coefficient (Wildman–Crippen LogP) is 3.92. The van der Waals surface area contributed by atoms with Crippen LogP contribution in [0.1, 0.15) is 50.2 Å². The number of hydrogen-bond donors (Lipinski definition) is 1. The van der Waals surface area contributed by atoms with Crippen molar-refractivity contribution in [3.05, 3.63) is 29.3 Å². The van der Waals surface area contributed by atoms with Crippen LogP contribution < -0.4 is 10.2 Å². The summed E-state index contributed by atoms with van der Waals surface area (Å²) in [6.07, 6.45) is 8.16. The molecule has 116 valence electrons. The van der Waals surface area contributed by atoms with Gasteiger partial charge in [-0.25, -0.2) is 0 Å². The fourth-order valence-corrected chi connectivity index (χ4v) is 4.23. The van der Waals surface area contributed by atoms with Gasteiger partial charge in [-0.15, -0.1) is 0 Å². The third-order valence-electron chi connectivity index (χ3n) is 5.28. The summed E-state index contributed by atoms with van der Waals surface area (Å²) in [5.74, 6) is 0.825. The zero-order valence-corrected chi connectivity index (χ0v) is 13.7. The number of nitrogens with zero attached hydrogens (tertiary/aromatic N) is 1. The Morgan fingerprint density at radius 1 is 1.19 bits per heavy atom. The predicted molar refractivity (Wildman–Crippen MR) is 91.1 cm³/mol. The van der Waals surface area contributed by atoms with E-state index in [2.05, 4.69) is 42.3 Å². The van der Waals surface area contributed by atoms with Crippen LogP contribution >= 0.6 is 0 Å². The Balaban J connectivity index is 1.73. The minimum absolute atomic E-state index is 0.736. The van der Waals surface area contributed by atoms with Gasteiger partial charge in [-0.2, -0.15) is 0 Å². The number of rotatable bonds is 4. The van der Waals surface area contributed by atoms with Crippen molar-refractivity contribution < 1.29 is 0 Å². The second kappa shape index (κ2) is 6.83. The molecule has 1 fully saturated rings. The van der Waals surface area contributed by atoms with Gasteiger partial charge in [0.2, 0.25) is 0 Å². The van der Waals surface area contributed by atoms with Gasteiger partial charge < -0.3 is 10.2 Å². The van der Waals surface area contributed by atoms with Gasteiger partial charge in [-0.3, -0.25) is 0 Å². The van der Waals surface area contributed by atoms with Gasteiger partial charge in [0.1, 0.15) is 0 Å². The van der Waals surface area contributed by atoms with Crippen LogP contribution in [-0.4, -0.2) is 25.7 Å². The number of hydrogen-bond acceptors (Lipinski definition) is 2. The van der Waals surface area contributed by atoms with Crippen LogP contribution in [0.15, 0.2) is 18.2 Å². The van der Waals surface area contributed by atoms with Crippen molar-refractivity contribution in [2.75, 3.05) is 24.5 Å². The Bertz CT molecular complexity index is 467. The second-order valence-corrected chi connectivity index (χ2v) is 6.89. The number of aryl methyl sites for hydroxylation is 2. The Hall–Kier alpha value is -1.02. The molecule has 3 rings (SSSR count). The lowest BCUT2D eigenvalue weighted by Gasteiger charge is -2.39. The lowest BCUT2D eigenvalue weighted by molar-refractivity contribution is 0.266. The van der Waals surface area contributed by atoms with Gasteiger partial charge in [0, 0.05) is 24.8 Å². The fourth-order valence-electron chi connectivity index (χ4n) is 4.23. The molecular formula is C19H30N2. The molecule has 1 heterocycles. The van der Waals surface area contributed by atoms with Crippen molar-refractivity contribution in [1.82, 2.24) is 5.32 Å². The van der Waals surface area contributed by atoms with E-state index in [1.165, 1.54) is 62.9 Å². The Morgan fingerprint density at radius 3 is 2.90 bits per heavy atom. The minimum Gasteiger partial charge on any atom is -0.371 e. The van der Waals surface area contributed by atoms with Crippen LogP contribution in [0.3, 0.4) is 0 Å². The molecule has 0 bridgehead atoms. The summed E-state index contributed by atoms with van der Waals surface area (Å²) in [6, 6.07) is 7.76. The maximum absolute atomic E-state index is 3.73. The molecule has 0 aromatic heterocycles. The maximum Gasteiger partial charge on any atom is 0.0399 e. The summed E-state index contributed by atoms with van der Waals surface area (Å²) < 4.78 is 0. The lowest BCUT2D eigenvalue weighted by atomic mass is 9.83. The van der Waals surface area contributed by atoms with E-state index < -0.39 is 0 Å². The van der Waals surface area contributed by atoms with Crippen molar-refractivity contribution in [3.8, 4) is 0 Å².